The predicted molar refractivity (Wildman–Crippen MR) is 155 cm³/mol. The molecule has 4 aromatic carbocycles. The zero-order valence-electron chi connectivity index (χ0n) is 21.8. The molecule has 0 atom stereocenters. The molecule has 0 amide bonds. The highest BCUT2D eigenvalue weighted by molar-refractivity contribution is 5.73. The lowest BCUT2D eigenvalue weighted by Crippen LogP contribution is -1.99. The first-order valence-electron chi connectivity index (χ1n) is 12.8. The first kappa shape index (κ1) is 24.2. The van der Waals surface area contributed by atoms with Crippen LogP contribution in [0.2, 0.25) is 0 Å². The molecule has 2 aromatic heterocycles. The van der Waals surface area contributed by atoms with E-state index in [4.69, 9.17) is 14.6 Å². The Morgan fingerprint density at radius 2 is 1.18 bits per heavy atom. The molecular weight excluding hydrogens is 482 g/mol. The average Bonchev–Trinajstić information content (AvgIpc) is 3.28. The molecule has 6 rings (SSSR count). The summed E-state index contributed by atoms with van der Waals surface area (Å²) in [5.74, 6) is 2.75. The third-order valence-electron chi connectivity index (χ3n) is 6.55. The van der Waals surface area contributed by atoms with E-state index >= 15 is 0 Å². The predicted octanol–water partition coefficient (Wildman–Crippen LogP) is 8.80. The van der Waals surface area contributed by atoms with Crippen molar-refractivity contribution in [2.45, 2.75) is 13.8 Å². The number of benzene rings is 4. The minimum absolute atomic E-state index is 0.673. The van der Waals surface area contributed by atoms with E-state index in [1.54, 1.807) is 12.4 Å². The number of hydrogen-bond donors (Lipinski definition) is 0. The van der Waals surface area contributed by atoms with Gasteiger partial charge in [-0.1, -0.05) is 66.7 Å². The molecule has 0 spiro atoms. The Balaban J connectivity index is 1.24. The zero-order chi connectivity index (χ0) is 26.6. The molecule has 0 fully saturated rings. The van der Waals surface area contributed by atoms with Crippen LogP contribution in [0.1, 0.15) is 11.4 Å². The molecule has 6 aromatic rings. The largest absolute Gasteiger partial charge is 0.457 e. The van der Waals surface area contributed by atoms with Gasteiger partial charge < -0.3 is 9.47 Å². The van der Waals surface area contributed by atoms with E-state index in [0.717, 1.165) is 28.2 Å². The van der Waals surface area contributed by atoms with Crippen LogP contribution in [-0.4, -0.2) is 14.8 Å². The van der Waals surface area contributed by atoms with Crippen molar-refractivity contribution in [3.8, 4) is 50.9 Å². The van der Waals surface area contributed by atoms with E-state index in [9.17, 15) is 0 Å². The highest BCUT2D eigenvalue weighted by atomic mass is 16.5. The van der Waals surface area contributed by atoms with Crippen molar-refractivity contribution in [1.82, 2.24) is 14.8 Å². The van der Waals surface area contributed by atoms with Gasteiger partial charge in [-0.25, -0.2) is 4.68 Å². The van der Waals surface area contributed by atoms with Gasteiger partial charge in [-0.05, 0) is 66.9 Å². The molecule has 2 heterocycles. The zero-order valence-corrected chi connectivity index (χ0v) is 21.8. The Labute approximate surface area is 228 Å². The number of aryl methyl sites for hydroxylation is 1. The van der Waals surface area contributed by atoms with Crippen molar-refractivity contribution < 1.29 is 9.47 Å². The second-order valence-corrected chi connectivity index (χ2v) is 9.27. The molecule has 39 heavy (non-hydrogen) atoms. The molecule has 0 aliphatic rings. The number of aromatic nitrogens is 3. The summed E-state index contributed by atoms with van der Waals surface area (Å²) in [7, 11) is 0. The molecule has 0 aliphatic heterocycles. The summed E-state index contributed by atoms with van der Waals surface area (Å²) < 4.78 is 14.1. The maximum Gasteiger partial charge on any atom is 0.145 e. The van der Waals surface area contributed by atoms with Gasteiger partial charge in [-0.15, -0.1) is 0 Å². The highest BCUT2D eigenvalue weighted by Crippen LogP contribution is 2.33. The summed E-state index contributed by atoms with van der Waals surface area (Å²) in [6, 6.07) is 38.3. The molecule has 0 bridgehead atoms. The number of pyridine rings is 1. The second-order valence-electron chi connectivity index (χ2n) is 9.27. The molecule has 190 valence electrons. The van der Waals surface area contributed by atoms with Crippen molar-refractivity contribution in [2.24, 2.45) is 0 Å². The molecule has 0 N–H and O–H groups in total. The van der Waals surface area contributed by atoms with Gasteiger partial charge in [0.2, 0.25) is 0 Å². The van der Waals surface area contributed by atoms with E-state index in [-0.39, 0.29) is 0 Å². The summed E-state index contributed by atoms with van der Waals surface area (Å²) in [6.07, 6.45) is 3.39. The fourth-order valence-electron chi connectivity index (χ4n) is 4.73. The van der Waals surface area contributed by atoms with E-state index in [0.29, 0.717) is 23.0 Å². The Morgan fingerprint density at radius 1 is 0.564 bits per heavy atom. The van der Waals surface area contributed by atoms with Gasteiger partial charge in [0.05, 0.1) is 17.6 Å². The molecule has 0 aliphatic carbocycles. The maximum absolute atomic E-state index is 6.20. The number of ether oxygens (including phenoxy) is 2. The Morgan fingerprint density at radius 3 is 1.90 bits per heavy atom. The third kappa shape index (κ3) is 5.29. The van der Waals surface area contributed by atoms with E-state index < -0.39 is 0 Å². The summed E-state index contributed by atoms with van der Waals surface area (Å²) in [4.78, 5) is 4.10. The monoisotopic (exact) mass is 509 g/mol. The lowest BCUT2D eigenvalue weighted by atomic mass is 9.99. The number of rotatable bonds is 7. The van der Waals surface area contributed by atoms with Crippen LogP contribution in [0.4, 0.5) is 0 Å². The summed E-state index contributed by atoms with van der Waals surface area (Å²) in [5.41, 5.74) is 7.68. The van der Waals surface area contributed by atoms with Gasteiger partial charge in [-0.3, -0.25) is 4.98 Å². The highest BCUT2D eigenvalue weighted by Gasteiger charge is 2.15. The van der Waals surface area contributed by atoms with Crippen molar-refractivity contribution in [3.05, 3.63) is 139 Å². The van der Waals surface area contributed by atoms with E-state index in [1.165, 1.54) is 11.1 Å². The quantitative estimate of drug-likeness (QED) is 0.216. The third-order valence-corrected chi connectivity index (χ3v) is 6.55. The van der Waals surface area contributed by atoms with Gasteiger partial charge in [0.1, 0.15) is 23.0 Å². The average molecular weight is 510 g/mol. The smallest absolute Gasteiger partial charge is 0.145 e. The van der Waals surface area contributed by atoms with Crippen LogP contribution in [-0.2, 0) is 0 Å². The van der Waals surface area contributed by atoms with Crippen LogP contribution in [0.3, 0.4) is 0 Å². The lowest BCUT2D eigenvalue weighted by molar-refractivity contribution is 0.459. The van der Waals surface area contributed by atoms with Crippen LogP contribution in [0.5, 0.6) is 23.0 Å². The van der Waals surface area contributed by atoms with Gasteiger partial charge in [0, 0.05) is 29.6 Å². The number of hydrogen-bond acceptors (Lipinski definition) is 4. The lowest BCUT2D eigenvalue weighted by Gasteiger charge is -2.11. The van der Waals surface area contributed by atoms with Crippen LogP contribution < -0.4 is 9.47 Å². The molecule has 0 radical (unpaired) electrons. The van der Waals surface area contributed by atoms with Crippen molar-refractivity contribution in [1.29, 1.82) is 0 Å². The van der Waals surface area contributed by atoms with Crippen LogP contribution in [0.25, 0.3) is 27.9 Å². The van der Waals surface area contributed by atoms with Crippen molar-refractivity contribution >= 4 is 0 Å². The van der Waals surface area contributed by atoms with Gasteiger partial charge in [-0.2, -0.15) is 5.10 Å². The van der Waals surface area contributed by atoms with Crippen LogP contribution in [0.15, 0.2) is 128 Å². The van der Waals surface area contributed by atoms with E-state index in [1.807, 2.05) is 71.4 Å². The minimum atomic E-state index is 0.673. The second kappa shape index (κ2) is 10.7. The fourth-order valence-corrected chi connectivity index (χ4v) is 4.73. The standard InChI is InChI=1S/C34H27N3O2/c1-24-34(28-18-16-27(17-19-28)26-9-4-3-5-10-26)25(2)37(36-24)29-11-6-12-30(21-29)38-31-13-7-14-32(22-31)39-33-15-8-20-35-23-33/h3-23H,1-2H3. The minimum Gasteiger partial charge on any atom is -0.457 e. The van der Waals surface area contributed by atoms with Crippen molar-refractivity contribution in [3.63, 3.8) is 0 Å². The summed E-state index contributed by atoms with van der Waals surface area (Å²) in [5, 5.41) is 4.88. The van der Waals surface area contributed by atoms with Gasteiger partial charge in [0.15, 0.2) is 0 Å². The topological polar surface area (TPSA) is 49.2 Å². The van der Waals surface area contributed by atoms with Crippen molar-refractivity contribution in [2.75, 3.05) is 0 Å². The molecular formula is C34H27N3O2. The van der Waals surface area contributed by atoms with Gasteiger partial charge in [0.25, 0.3) is 0 Å². The van der Waals surface area contributed by atoms with Crippen LogP contribution >= 0.6 is 0 Å². The molecule has 0 saturated heterocycles. The fraction of sp³-hybridized carbons (Fsp3) is 0.0588. The normalized spacial score (nSPS) is 10.8. The van der Waals surface area contributed by atoms with E-state index in [2.05, 4.69) is 67.4 Å². The maximum atomic E-state index is 6.20. The van der Waals surface area contributed by atoms with Gasteiger partial charge >= 0.3 is 0 Å². The first-order valence-corrected chi connectivity index (χ1v) is 12.8. The summed E-state index contributed by atoms with van der Waals surface area (Å²) in [6.45, 7) is 4.16. The molecule has 0 unspecified atom stereocenters. The number of nitrogens with zero attached hydrogens (tertiary/aromatic N) is 3. The Kier molecular flexibility index (Phi) is 6.62. The summed E-state index contributed by atoms with van der Waals surface area (Å²) >= 11 is 0. The van der Waals surface area contributed by atoms with Crippen LogP contribution in [0, 0.1) is 13.8 Å². The molecule has 5 heteroatoms. The molecule has 5 nitrogen and oxygen atoms in total. The molecule has 0 saturated carbocycles. The Bertz CT molecular complexity index is 1710. The first-order chi connectivity index (χ1) is 19.1. The SMILES string of the molecule is Cc1nn(-c2cccc(Oc3cccc(Oc4cccnc4)c3)c2)c(C)c1-c1ccc(-c2ccccc2)cc1. The Hall–Kier alpha value is -5.16.